The number of pyridine rings is 1. The number of hydrogen-bond acceptors (Lipinski definition) is 4. The number of nitrogens with zero attached hydrogens (tertiary/aromatic N) is 2. The summed E-state index contributed by atoms with van der Waals surface area (Å²) < 4.78 is 25.0. The number of halogens is 1. The Kier molecular flexibility index (Phi) is 3.30. The van der Waals surface area contributed by atoms with Crippen LogP contribution in [0.25, 0.3) is 22.0 Å². The molecule has 0 atom stereocenters. The van der Waals surface area contributed by atoms with Crippen molar-refractivity contribution >= 4 is 38.2 Å². The molecule has 21 heavy (non-hydrogen) atoms. The number of aromatic amines is 1. The fourth-order valence-electron chi connectivity index (χ4n) is 2.03. The van der Waals surface area contributed by atoms with E-state index in [1.165, 1.54) is 6.20 Å². The molecule has 0 saturated carbocycles. The quantitative estimate of drug-likeness (QED) is 0.726. The first-order valence-electron chi connectivity index (χ1n) is 5.99. The Morgan fingerprint density at radius 3 is 2.81 bits per heavy atom. The lowest BCUT2D eigenvalue weighted by Gasteiger charge is -2.08. The largest absolute Gasteiger partial charge is 0.282 e. The third-order valence-electron chi connectivity index (χ3n) is 2.89. The highest BCUT2D eigenvalue weighted by molar-refractivity contribution is 7.92. The number of nitrogens with one attached hydrogen (secondary N) is 2. The highest BCUT2D eigenvalue weighted by Gasteiger charge is 2.10. The Morgan fingerprint density at radius 1 is 1.24 bits per heavy atom. The lowest BCUT2D eigenvalue weighted by Crippen LogP contribution is -2.09. The van der Waals surface area contributed by atoms with Crippen molar-refractivity contribution in [1.82, 2.24) is 15.2 Å². The van der Waals surface area contributed by atoms with Crippen LogP contribution in [0.2, 0.25) is 5.15 Å². The number of H-pyrrole nitrogens is 1. The summed E-state index contributed by atoms with van der Waals surface area (Å²) in [5.74, 6) is 0. The molecule has 0 aliphatic carbocycles. The van der Waals surface area contributed by atoms with Crippen LogP contribution >= 0.6 is 11.6 Å². The number of fused-ring (bicyclic) bond motifs is 1. The Hall–Kier alpha value is -2.12. The molecule has 0 saturated heterocycles. The lowest BCUT2D eigenvalue weighted by molar-refractivity contribution is 0.607. The number of aromatic nitrogens is 3. The van der Waals surface area contributed by atoms with E-state index >= 15 is 0 Å². The fraction of sp³-hybridized carbons (Fsp3) is 0.0769. The first-order valence-corrected chi connectivity index (χ1v) is 8.26. The zero-order chi connectivity index (χ0) is 15.0. The molecule has 0 fully saturated rings. The van der Waals surface area contributed by atoms with E-state index < -0.39 is 10.0 Å². The highest BCUT2D eigenvalue weighted by Crippen LogP contribution is 2.30. The van der Waals surface area contributed by atoms with Crippen molar-refractivity contribution in [2.24, 2.45) is 0 Å². The second kappa shape index (κ2) is 5.01. The molecule has 3 aromatic rings. The fourth-order valence-corrected chi connectivity index (χ4v) is 2.78. The van der Waals surface area contributed by atoms with Crippen LogP contribution in [0.15, 0.2) is 36.7 Å². The van der Waals surface area contributed by atoms with Crippen LogP contribution in [0.4, 0.5) is 5.69 Å². The van der Waals surface area contributed by atoms with Gasteiger partial charge in [0.15, 0.2) is 0 Å². The molecule has 0 aliphatic heterocycles. The maximum absolute atomic E-state index is 11.3. The van der Waals surface area contributed by atoms with Gasteiger partial charge in [-0.2, -0.15) is 5.10 Å². The summed E-state index contributed by atoms with van der Waals surface area (Å²) in [4.78, 5) is 4.02. The van der Waals surface area contributed by atoms with E-state index in [9.17, 15) is 8.42 Å². The SMILES string of the molecule is CS(=O)(=O)Nc1cnc(Cl)c(-c2ccc3[nH]ncc3c2)c1. The summed E-state index contributed by atoms with van der Waals surface area (Å²) >= 11 is 6.12. The topological polar surface area (TPSA) is 87.7 Å². The molecule has 2 aromatic heterocycles. The predicted octanol–water partition coefficient (Wildman–Crippen LogP) is 2.65. The molecule has 0 radical (unpaired) electrons. The summed E-state index contributed by atoms with van der Waals surface area (Å²) in [7, 11) is -3.36. The minimum absolute atomic E-state index is 0.303. The normalized spacial score (nSPS) is 11.7. The van der Waals surface area contributed by atoms with Crippen LogP contribution in [-0.2, 0) is 10.0 Å². The predicted molar refractivity (Wildman–Crippen MR) is 82.8 cm³/mol. The number of sulfonamides is 1. The molecular weight excluding hydrogens is 312 g/mol. The summed E-state index contributed by atoms with van der Waals surface area (Å²) in [5, 5.41) is 8.06. The molecule has 1 aromatic carbocycles. The number of hydrogen-bond donors (Lipinski definition) is 2. The highest BCUT2D eigenvalue weighted by atomic mass is 35.5. The van der Waals surface area contributed by atoms with Crippen LogP contribution in [0.5, 0.6) is 0 Å². The molecule has 2 N–H and O–H groups in total. The van der Waals surface area contributed by atoms with Gasteiger partial charge in [0, 0.05) is 10.9 Å². The summed E-state index contributed by atoms with van der Waals surface area (Å²) in [5.41, 5.74) is 2.75. The van der Waals surface area contributed by atoms with Crippen LogP contribution in [0.3, 0.4) is 0 Å². The Balaban J connectivity index is 2.09. The first kappa shape index (κ1) is 13.8. The minimum atomic E-state index is -3.36. The smallest absolute Gasteiger partial charge is 0.229 e. The van der Waals surface area contributed by atoms with Gasteiger partial charge in [0.25, 0.3) is 0 Å². The Labute approximate surface area is 126 Å². The van der Waals surface area contributed by atoms with E-state index in [2.05, 4.69) is 19.9 Å². The van der Waals surface area contributed by atoms with Crippen LogP contribution in [-0.4, -0.2) is 29.9 Å². The van der Waals surface area contributed by atoms with Crippen molar-refractivity contribution in [3.63, 3.8) is 0 Å². The van der Waals surface area contributed by atoms with E-state index in [1.807, 2.05) is 18.2 Å². The summed E-state index contributed by atoms with van der Waals surface area (Å²) in [6, 6.07) is 7.31. The summed E-state index contributed by atoms with van der Waals surface area (Å²) in [6.07, 6.45) is 4.17. The standard InChI is InChI=1S/C13H11ClN4O2S/c1-21(19,20)18-10-5-11(13(14)15-7-10)8-2-3-12-9(4-8)6-16-17-12/h2-7,18H,1H3,(H,16,17). The Morgan fingerprint density at radius 2 is 2.05 bits per heavy atom. The molecule has 0 spiro atoms. The molecule has 2 heterocycles. The van der Waals surface area contributed by atoms with Gasteiger partial charge in [0.05, 0.1) is 29.9 Å². The third-order valence-corrected chi connectivity index (χ3v) is 3.80. The molecule has 8 heteroatoms. The lowest BCUT2D eigenvalue weighted by atomic mass is 10.1. The van der Waals surface area contributed by atoms with E-state index in [4.69, 9.17) is 11.6 Å². The molecule has 0 bridgehead atoms. The van der Waals surface area contributed by atoms with Crippen molar-refractivity contribution in [2.45, 2.75) is 0 Å². The minimum Gasteiger partial charge on any atom is -0.282 e. The zero-order valence-electron chi connectivity index (χ0n) is 11.0. The average molecular weight is 323 g/mol. The van der Waals surface area contributed by atoms with Crippen molar-refractivity contribution in [1.29, 1.82) is 0 Å². The zero-order valence-corrected chi connectivity index (χ0v) is 12.5. The number of anilines is 1. The molecule has 108 valence electrons. The van der Waals surface area contributed by atoms with Gasteiger partial charge >= 0.3 is 0 Å². The summed E-state index contributed by atoms with van der Waals surface area (Å²) in [6.45, 7) is 0. The van der Waals surface area contributed by atoms with Crippen LogP contribution < -0.4 is 4.72 Å². The van der Waals surface area contributed by atoms with Crippen LogP contribution in [0.1, 0.15) is 0 Å². The molecule has 0 amide bonds. The van der Waals surface area contributed by atoms with Gasteiger partial charge < -0.3 is 0 Å². The van der Waals surface area contributed by atoms with Gasteiger partial charge in [0.1, 0.15) is 5.15 Å². The maximum Gasteiger partial charge on any atom is 0.229 e. The monoisotopic (exact) mass is 322 g/mol. The van der Waals surface area contributed by atoms with Crippen molar-refractivity contribution in [2.75, 3.05) is 11.0 Å². The van der Waals surface area contributed by atoms with Crippen molar-refractivity contribution in [3.05, 3.63) is 41.8 Å². The van der Waals surface area contributed by atoms with Gasteiger partial charge in [-0.1, -0.05) is 17.7 Å². The van der Waals surface area contributed by atoms with E-state index in [0.29, 0.717) is 16.4 Å². The number of benzene rings is 1. The average Bonchev–Trinajstić information content (AvgIpc) is 2.86. The van der Waals surface area contributed by atoms with Crippen molar-refractivity contribution < 1.29 is 8.42 Å². The van der Waals surface area contributed by atoms with Gasteiger partial charge in [-0.25, -0.2) is 13.4 Å². The van der Waals surface area contributed by atoms with Gasteiger partial charge in [0.2, 0.25) is 10.0 Å². The van der Waals surface area contributed by atoms with Gasteiger partial charge in [-0.15, -0.1) is 0 Å². The molecular formula is C13H11ClN4O2S. The van der Waals surface area contributed by atoms with Gasteiger partial charge in [-0.3, -0.25) is 9.82 Å². The number of rotatable bonds is 3. The Bertz CT molecular complexity index is 921. The molecule has 3 rings (SSSR count). The molecule has 0 aliphatic rings. The van der Waals surface area contributed by atoms with E-state index in [0.717, 1.165) is 22.7 Å². The maximum atomic E-state index is 11.3. The van der Waals surface area contributed by atoms with Crippen LogP contribution in [0, 0.1) is 0 Å². The third kappa shape index (κ3) is 2.98. The first-order chi connectivity index (χ1) is 9.92. The van der Waals surface area contributed by atoms with Crippen molar-refractivity contribution in [3.8, 4) is 11.1 Å². The van der Waals surface area contributed by atoms with E-state index in [-0.39, 0.29) is 0 Å². The second-order valence-corrected chi connectivity index (χ2v) is 6.72. The van der Waals surface area contributed by atoms with E-state index in [1.54, 1.807) is 12.3 Å². The second-order valence-electron chi connectivity index (χ2n) is 4.61. The molecule has 0 unspecified atom stereocenters. The molecule has 6 nitrogen and oxygen atoms in total. The van der Waals surface area contributed by atoms with Gasteiger partial charge in [-0.05, 0) is 23.8 Å².